The van der Waals surface area contributed by atoms with Crippen molar-refractivity contribution in [3.05, 3.63) is 91.0 Å². The van der Waals surface area contributed by atoms with E-state index in [2.05, 4.69) is 51.4 Å². The summed E-state index contributed by atoms with van der Waals surface area (Å²) in [5.74, 6) is -1.14. The van der Waals surface area contributed by atoms with Gasteiger partial charge in [-0.1, -0.05) is 6.07 Å². The molecule has 26 nitrogen and oxygen atoms in total. The molecule has 8 N–H and O–H groups in total. The molecular formula is C34H30N10O16S5. The second-order valence-corrected chi connectivity index (χ2v) is 20.4. The largest absolute Gasteiger partial charge is 0.494 e. The van der Waals surface area contributed by atoms with Crippen molar-refractivity contribution in [1.82, 2.24) is 15.0 Å². The minimum atomic E-state index is -5.01. The molecule has 0 aliphatic rings. The van der Waals surface area contributed by atoms with Gasteiger partial charge in [-0.25, -0.2) is 0 Å². The third-order valence-corrected chi connectivity index (χ3v) is 13.0. The van der Waals surface area contributed by atoms with Gasteiger partial charge >= 0.3 is 0 Å². The molecule has 5 aromatic carbocycles. The molecule has 6 aromatic rings. The summed E-state index contributed by atoms with van der Waals surface area (Å²) < 4.78 is 172. The number of nitrogens with zero attached hydrogens (tertiary/aromatic N) is 7. The Labute approximate surface area is 368 Å². The average Bonchev–Trinajstić information content (AvgIpc) is 3.20. The quantitative estimate of drug-likeness (QED) is 0.0408. The lowest BCUT2D eigenvalue weighted by molar-refractivity contribution is 0.416. The van der Waals surface area contributed by atoms with Crippen LogP contribution >= 0.6 is 0 Å². The summed E-state index contributed by atoms with van der Waals surface area (Å²) in [6, 6.07) is 17.5. The SMILES string of the molecule is COc1cc(Nc2nc(Nc3ccc(N=Nc4ccc(S(=O)(=O)O)cc4)cc3S(=O)(=O)O)nc(NC(C)S(=O)(=O)O)n2)ccc1N=Nc1ccc2cc(S(=O)(=O)O)cc(S(=O)(=O)O)c2c1. The molecule has 1 unspecified atom stereocenters. The molecule has 31 heteroatoms. The van der Waals surface area contributed by atoms with Gasteiger partial charge in [-0.15, -0.1) is 5.11 Å². The molecule has 342 valence electrons. The van der Waals surface area contributed by atoms with Crippen LogP contribution in [0.2, 0.25) is 0 Å². The number of azo groups is 2. The van der Waals surface area contributed by atoms with Crippen molar-refractivity contribution in [2.75, 3.05) is 23.1 Å². The second kappa shape index (κ2) is 18.1. The third kappa shape index (κ3) is 12.1. The highest BCUT2D eigenvalue weighted by atomic mass is 32.2. The fourth-order valence-corrected chi connectivity index (χ4v) is 8.16. The first-order chi connectivity index (χ1) is 30.2. The summed E-state index contributed by atoms with van der Waals surface area (Å²) in [6.45, 7) is 1.06. The zero-order valence-corrected chi connectivity index (χ0v) is 36.7. The zero-order valence-electron chi connectivity index (χ0n) is 32.6. The van der Waals surface area contributed by atoms with Gasteiger partial charge in [0.25, 0.3) is 50.6 Å². The van der Waals surface area contributed by atoms with Gasteiger partial charge in [-0.05, 0) is 91.2 Å². The lowest BCUT2D eigenvalue weighted by atomic mass is 10.1. The summed E-state index contributed by atoms with van der Waals surface area (Å²) in [4.78, 5) is 9.59. The van der Waals surface area contributed by atoms with E-state index >= 15 is 0 Å². The maximum atomic E-state index is 12.5. The van der Waals surface area contributed by atoms with E-state index in [4.69, 9.17) is 9.29 Å². The Morgan fingerprint density at radius 1 is 0.538 bits per heavy atom. The maximum absolute atomic E-state index is 12.5. The van der Waals surface area contributed by atoms with Crippen LogP contribution in [0.4, 0.5) is 52.0 Å². The molecule has 1 atom stereocenters. The van der Waals surface area contributed by atoms with Crippen LogP contribution in [0.1, 0.15) is 6.92 Å². The topological polar surface area (TPSA) is 405 Å². The van der Waals surface area contributed by atoms with E-state index in [0.29, 0.717) is 6.07 Å². The highest BCUT2D eigenvalue weighted by molar-refractivity contribution is 7.87. The monoisotopic (exact) mass is 994 g/mol. The number of benzene rings is 5. The van der Waals surface area contributed by atoms with Crippen LogP contribution in [0.5, 0.6) is 5.75 Å². The van der Waals surface area contributed by atoms with Crippen LogP contribution < -0.4 is 20.7 Å². The molecule has 6 rings (SSSR count). The molecule has 0 saturated heterocycles. The number of rotatable bonds is 16. The van der Waals surface area contributed by atoms with Crippen LogP contribution in [0.3, 0.4) is 0 Å². The predicted molar refractivity (Wildman–Crippen MR) is 228 cm³/mol. The van der Waals surface area contributed by atoms with Crippen molar-refractivity contribution in [1.29, 1.82) is 0 Å². The summed E-state index contributed by atoms with van der Waals surface area (Å²) in [7, 11) is -22.7. The smallest absolute Gasteiger partial charge is 0.296 e. The molecule has 0 amide bonds. The fourth-order valence-electron chi connectivity index (χ4n) is 5.41. The molecule has 0 aliphatic carbocycles. The molecule has 0 fully saturated rings. The summed E-state index contributed by atoms with van der Waals surface area (Å²) in [6.07, 6.45) is 0. The van der Waals surface area contributed by atoms with Crippen molar-refractivity contribution >= 4 is 113 Å². The Kier molecular flexibility index (Phi) is 13.3. The minimum absolute atomic E-state index is 0.0188. The average molecular weight is 995 g/mol. The van der Waals surface area contributed by atoms with Crippen molar-refractivity contribution in [2.24, 2.45) is 20.5 Å². The number of hydrogen-bond donors (Lipinski definition) is 8. The fraction of sp³-hybridized carbons (Fsp3) is 0.0882. The number of aromatic nitrogens is 3. The Morgan fingerprint density at radius 3 is 1.69 bits per heavy atom. The minimum Gasteiger partial charge on any atom is -0.494 e. The van der Waals surface area contributed by atoms with Crippen molar-refractivity contribution in [3.8, 4) is 5.75 Å². The third-order valence-electron chi connectivity index (χ3n) is 8.48. The number of hydrogen-bond acceptors (Lipinski definition) is 21. The van der Waals surface area contributed by atoms with Crippen molar-refractivity contribution in [2.45, 2.75) is 31.9 Å². The molecule has 1 heterocycles. The first kappa shape index (κ1) is 47.8. The van der Waals surface area contributed by atoms with Crippen LogP contribution in [0.15, 0.2) is 131 Å². The lowest BCUT2D eigenvalue weighted by Crippen LogP contribution is -2.27. The molecule has 0 bridgehead atoms. The maximum Gasteiger partial charge on any atom is 0.296 e. The van der Waals surface area contributed by atoms with E-state index in [1.165, 1.54) is 61.7 Å². The predicted octanol–water partition coefficient (Wildman–Crippen LogP) is 5.98. The van der Waals surface area contributed by atoms with Gasteiger partial charge in [0.2, 0.25) is 17.8 Å². The number of anilines is 5. The van der Waals surface area contributed by atoms with Gasteiger partial charge in [-0.2, -0.15) is 72.4 Å². The number of nitrogens with one attached hydrogen (secondary N) is 3. The zero-order chi connectivity index (χ0) is 47.7. The van der Waals surface area contributed by atoms with E-state index < -0.39 is 87.4 Å². The van der Waals surface area contributed by atoms with Crippen molar-refractivity contribution in [3.63, 3.8) is 0 Å². The van der Waals surface area contributed by atoms with Crippen molar-refractivity contribution < 1.29 is 69.6 Å². The Hall–Kier alpha value is -6.68. The molecule has 65 heavy (non-hydrogen) atoms. The highest BCUT2D eigenvalue weighted by Crippen LogP contribution is 2.36. The molecular weight excluding hydrogens is 965 g/mol. The Bertz CT molecular complexity index is 3510. The van der Waals surface area contributed by atoms with Crippen LogP contribution in [-0.4, -0.2) is 92.3 Å². The highest BCUT2D eigenvalue weighted by Gasteiger charge is 2.23. The van der Waals surface area contributed by atoms with Gasteiger partial charge < -0.3 is 20.7 Å². The van der Waals surface area contributed by atoms with E-state index in [1.54, 1.807) is 0 Å². The molecule has 0 saturated carbocycles. The Balaban J connectivity index is 1.30. The summed E-state index contributed by atoms with van der Waals surface area (Å²) in [5, 5.41) is 22.0. The first-order valence-electron chi connectivity index (χ1n) is 17.4. The first-order valence-corrected chi connectivity index (χ1v) is 24.7. The van der Waals surface area contributed by atoms with E-state index in [1.807, 2.05) is 0 Å². The molecule has 0 aliphatic heterocycles. The number of fused-ring (bicyclic) bond motifs is 1. The molecule has 0 radical (unpaired) electrons. The van der Waals surface area contributed by atoms with Gasteiger partial charge in [-0.3, -0.25) is 22.8 Å². The van der Waals surface area contributed by atoms with E-state index in [0.717, 1.165) is 37.3 Å². The van der Waals surface area contributed by atoms with Gasteiger partial charge in [0.1, 0.15) is 21.2 Å². The van der Waals surface area contributed by atoms with E-state index in [-0.39, 0.29) is 56.6 Å². The van der Waals surface area contributed by atoms with E-state index in [9.17, 15) is 60.3 Å². The lowest BCUT2D eigenvalue weighted by Gasteiger charge is -2.15. The number of methoxy groups -OCH3 is 1. The normalized spacial score (nSPS) is 13.3. The molecule has 1 aromatic heterocycles. The van der Waals surface area contributed by atoms with Crippen LogP contribution in [0.25, 0.3) is 10.8 Å². The van der Waals surface area contributed by atoms with Crippen LogP contribution in [-0.2, 0) is 50.6 Å². The molecule has 0 spiro atoms. The van der Waals surface area contributed by atoms with Crippen LogP contribution in [0, 0.1) is 0 Å². The summed E-state index contributed by atoms with van der Waals surface area (Å²) >= 11 is 0. The summed E-state index contributed by atoms with van der Waals surface area (Å²) in [5.41, 5.74) is 0.0191. The van der Waals surface area contributed by atoms with Gasteiger partial charge in [0.15, 0.2) is 5.37 Å². The second-order valence-electron chi connectivity index (χ2n) is 13.0. The Morgan fingerprint density at radius 2 is 1.09 bits per heavy atom. The number of ether oxygens (including phenoxy) is 1. The van der Waals surface area contributed by atoms with Gasteiger partial charge in [0.05, 0.1) is 39.7 Å². The van der Waals surface area contributed by atoms with Gasteiger partial charge in [0, 0.05) is 17.1 Å². The standard InChI is InChI=1S/C34H30N10O16S5/c1-18(61(45,46)47)35-32-38-33(40-34(39-32)37-28-12-8-23(16-31(28)65(57,58)59)42-41-20-5-9-24(10-6-20)62(48,49)50)36-21-7-11-27(29(15-21)60-2)44-43-22-4-3-19-13-25(63(51,52)53)17-30(26(19)14-22)64(54,55)56/h3-18H,1-2H3,(H,45,46,47)(H,48,49,50)(H,51,52,53)(H,54,55,56)(H,57,58,59)(H3,35,36,37,38,39,40).